The van der Waals surface area contributed by atoms with Crippen LogP contribution >= 0.6 is 22.7 Å². The van der Waals surface area contributed by atoms with E-state index >= 15 is 0 Å². The zero-order valence-electron chi connectivity index (χ0n) is 17.8. The monoisotopic (exact) mass is 446 g/mol. The lowest BCUT2D eigenvalue weighted by Gasteiger charge is -2.16. The van der Waals surface area contributed by atoms with Crippen molar-refractivity contribution < 1.29 is 4.57 Å². The van der Waals surface area contributed by atoms with Crippen molar-refractivity contribution in [3.8, 4) is 0 Å². The van der Waals surface area contributed by atoms with E-state index in [2.05, 4.69) is 54.0 Å². The third kappa shape index (κ3) is 3.27. The minimum absolute atomic E-state index is 0.0789. The highest BCUT2D eigenvalue weighted by Gasteiger charge is 2.20. The van der Waals surface area contributed by atoms with Gasteiger partial charge in [-0.2, -0.15) is 4.57 Å². The summed E-state index contributed by atoms with van der Waals surface area (Å²) in [6.45, 7) is 5.74. The van der Waals surface area contributed by atoms with E-state index in [0.717, 1.165) is 21.4 Å². The second-order valence-corrected chi connectivity index (χ2v) is 9.54. The fourth-order valence-electron chi connectivity index (χ4n) is 4.12. The normalized spacial score (nSPS) is 16.2. The lowest BCUT2D eigenvalue weighted by atomic mass is 10.1. The zero-order chi connectivity index (χ0) is 21.5. The average molecular weight is 447 g/mol. The van der Waals surface area contributed by atoms with E-state index in [1.807, 2.05) is 47.9 Å². The first kappa shape index (κ1) is 20.0. The second kappa shape index (κ2) is 7.94. The van der Waals surface area contributed by atoms with Gasteiger partial charge in [0.15, 0.2) is 0 Å². The quantitative estimate of drug-likeness (QED) is 0.451. The topological polar surface area (TPSA) is 29.1 Å². The predicted octanol–water partition coefficient (Wildman–Crippen LogP) is 3.56. The number of likely N-dealkylation sites (N-methyl/N-ethyl adjacent to an activating group) is 1. The minimum atomic E-state index is 0.0789. The van der Waals surface area contributed by atoms with Gasteiger partial charge in [-0.15, -0.1) is 11.3 Å². The number of fused-ring (bicyclic) bond motifs is 3. The summed E-state index contributed by atoms with van der Waals surface area (Å²) in [5.74, 6) is 0. The van der Waals surface area contributed by atoms with Gasteiger partial charge in [-0.25, -0.2) is 0 Å². The first-order chi connectivity index (χ1) is 15.1. The molecule has 0 atom stereocenters. The van der Waals surface area contributed by atoms with Crippen molar-refractivity contribution in [2.45, 2.75) is 26.9 Å². The van der Waals surface area contributed by atoms with Crippen LogP contribution in [0.3, 0.4) is 0 Å². The molecule has 1 aliphatic rings. The number of benzene rings is 2. The summed E-state index contributed by atoms with van der Waals surface area (Å²) in [6.07, 6.45) is 10.1. The Kier molecular flexibility index (Phi) is 5.12. The van der Waals surface area contributed by atoms with E-state index in [1.165, 1.54) is 26.0 Å². The molecule has 0 fully saturated rings. The summed E-state index contributed by atoms with van der Waals surface area (Å²) in [5, 5.41) is 3.70. The third-order valence-corrected chi connectivity index (χ3v) is 8.02. The summed E-state index contributed by atoms with van der Waals surface area (Å²) < 4.78 is 7.30. The van der Waals surface area contributed by atoms with E-state index in [4.69, 9.17) is 0 Å². The summed E-state index contributed by atoms with van der Waals surface area (Å²) in [6, 6.07) is 12.9. The molecule has 0 spiro atoms. The van der Waals surface area contributed by atoms with Crippen molar-refractivity contribution in [1.29, 1.82) is 0 Å². The molecule has 0 radical (unpaired) electrons. The van der Waals surface area contributed by atoms with Gasteiger partial charge in [0.25, 0.3) is 10.6 Å². The molecule has 0 N–H and O–H groups in total. The van der Waals surface area contributed by atoms with E-state index in [9.17, 15) is 4.79 Å². The lowest BCUT2D eigenvalue weighted by molar-refractivity contribution is -0.665. The number of rotatable bonds is 3. The Bertz CT molecular complexity index is 1550. The lowest BCUT2D eigenvalue weighted by Crippen LogP contribution is -2.35. The number of aryl methyl sites for hydroxylation is 1. The second-order valence-electron chi connectivity index (χ2n) is 7.48. The molecule has 0 saturated carbocycles. The standard InChI is InChI=1S/C25H24N3OS2/c1-4-27-20-14-13-17-10-6-7-11-18(17)23(20)30-21(27)16-22-28(5-2)25(29)24(31-22)19-12-8-9-15-26(19)3/h6-16H,4-5H2,1-3H3/q+1/b24-19-. The fraction of sp³-hybridized carbons (Fsp3) is 0.200. The molecule has 0 amide bonds. The Labute approximate surface area is 188 Å². The van der Waals surface area contributed by atoms with Gasteiger partial charge in [-0.05, 0) is 37.5 Å². The van der Waals surface area contributed by atoms with Crippen LogP contribution in [0, 0.1) is 0 Å². The molecule has 1 aliphatic heterocycles. The highest BCUT2D eigenvalue weighted by Crippen LogP contribution is 2.29. The molecule has 6 heteroatoms. The summed E-state index contributed by atoms with van der Waals surface area (Å²) in [7, 11) is 1.98. The largest absolute Gasteiger partial charge is 0.350 e. The number of thiazole rings is 2. The van der Waals surface area contributed by atoms with E-state index in [1.54, 1.807) is 22.7 Å². The van der Waals surface area contributed by atoms with Crippen LogP contribution in [0.25, 0.3) is 32.8 Å². The molecule has 0 aliphatic carbocycles. The van der Waals surface area contributed by atoms with Crippen LogP contribution in [0.2, 0.25) is 0 Å². The SMILES string of the molecule is CCn1c(=O)/c(=C2\C=CC=CN2C)s/c1=C\c1sc2c3ccccc3ccc2[n+]1CC. The Balaban J connectivity index is 1.80. The van der Waals surface area contributed by atoms with Crippen molar-refractivity contribution in [1.82, 2.24) is 9.47 Å². The molecule has 156 valence electrons. The van der Waals surface area contributed by atoms with Gasteiger partial charge in [0, 0.05) is 31.2 Å². The molecule has 2 aromatic heterocycles. The molecular formula is C25H24N3OS2+. The predicted molar refractivity (Wildman–Crippen MR) is 132 cm³/mol. The maximum Gasteiger partial charge on any atom is 0.271 e. The third-order valence-electron chi connectivity index (χ3n) is 5.70. The van der Waals surface area contributed by atoms with Gasteiger partial charge in [0.05, 0.1) is 11.8 Å². The van der Waals surface area contributed by atoms with Crippen molar-refractivity contribution >= 4 is 55.4 Å². The molecule has 4 aromatic rings. The van der Waals surface area contributed by atoms with Gasteiger partial charge in [0.1, 0.15) is 20.4 Å². The van der Waals surface area contributed by atoms with Crippen molar-refractivity contribution in [2.24, 2.45) is 0 Å². The van der Waals surface area contributed by atoms with E-state index < -0.39 is 0 Å². The van der Waals surface area contributed by atoms with Crippen molar-refractivity contribution in [3.63, 3.8) is 0 Å². The zero-order valence-corrected chi connectivity index (χ0v) is 19.5. The Morgan fingerprint density at radius 1 is 1.06 bits per heavy atom. The smallest absolute Gasteiger partial charge is 0.271 e. The highest BCUT2D eigenvalue weighted by atomic mass is 32.1. The van der Waals surface area contributed by atoms with Gasteiger partial charge in [0.2, 0.25) is 5.52 Å². The maximum absolute atomic E-state index is 13.2. The van der Waals surface area contributed by atoms with Crippen LogP contribution in [0.1, 0.15) is 18.9 Å². The number of hydrogen-bond donors (Lipinski definition) is 0. The molecule has 3 heterocycles. The maximum atomic E-state index is 13.2. The fourth-order valence-corrected chi connectivity index (χ4v) is 6.71. The molecule has 0 saturated heterocycles. The first-order valence-electron chi connectivity index (χ1n) is 10.5. The molecule has 0 bridgehead atoms. The van der Waals surface area contributed by atoms with Gasteiger partial charge < -0.3 is 4.90 Å². The van der Waals surface area contributed by atoms with Crippen LogP contribution in [0.15, 0.2) is 65.6 Å². The molecule has 2 aromatic carbocycles. The number of nitrogens with zero attached hydrogens (tertiary/aromatic N) is 3. The minimum Gasteiger partial charge on any atom is -0.350 e. The van der Waals surface area contributed by atoms with Crippen LogP contribution < -0.4 is 19.3 Å². The Hall–Kier alpha value is -2.96. The highest BCUT2D eigenvalue weighted by molar-refractivity contribution is 7.20. The first-order valence-corrected chi connectivity index (χ1v) is 12.1. The van der Waals surface area contributed by atoms with E-state index in [0.29, 0.717) is 6.54 Å². The number of allylic oxidation sites excluding steroid dienone is 2. The van der Waals surface area contributed by atoms with Crippen LogP contribution in [0.4, 0.5) is 0 Å². The number of aromatic nitrogens is 2. The van der Waals surface area contributed by atoms with Crippen LogP contribution in [-0.4, -0.2) is 16.5 Å². The molecule has 5 rings (SSSR count). The van der Waals surface area contributed by atoms with Crippen LogP contribution in [-0.2, 0) is 13.1 Å². The number of hydrogen-bond acceptors (Lipinski definition) is 4. The van der Waals surface area contributed by atoms with Gasteiger partial charge >= 0.3 is 0 Å². The van der Waals surface area contributed by atoms with Gasteiger partial charge in [-0.3, -0.25) is 9.36 Å². The summed E-state index contributed by atoms with van der Waals surface area (Å²) >= 11 is 3.37. The van der Waals surface area contributed by atoms with Crippen LogP contribution in [0.5, 0.6) is 0 Å². The molecule has 0 unspecified atom stereocenters. The van der Waals surface area contributed by atoms with Gasteiger partial charge in [-0.1, -0.05) is 41.7 Å². The molecule has 31 heavy (non-hydrogen) atoms. The molecular weight excluding hydrogens is 422 g/mol. The van der Waals surface area contributed by atoms with E-state index in [-0.39, 0.29) is 5.56 Å². The Morgan fingerprint density at radius 2 is 1.90 bits per heavy atom. The van der Waals surface area contributed by atoms with Crippen molar-refractivity contribution in [3.05, 3.63) is 85.4 Å². The Morgan fingerprint density at radius 3 is 2.68 bits per heavy atom. The van der Waals surface area contributed by atoms with Crippen molar-refractivity contribution in [2.75, 3.05) is 7.05 Å². The molecule has 4 nitrogen and oxygen atoms in total. The summed E-state index contributed by atoms with van der Waals surface area (Å²) in [5.41, 5.74) is 2.27. The summed E-state index contributed by atoms with van der Waals surface area (Å²) in [4.78, 5) is 15.2. The average Bonchev–Trinajstić information content (AvgIpc) is 3.30.